The summed E-state index contributed by atoms with van der Waals surface area (Å²) in [6.45, 7) is 11.3. The lowest BCUT2D eigenvalue weighted by atomic mass is 9.61. The minimum Gasteiger partial charge on any atom is -0.507 e. The van der Waals surface area contributed by atoms with Crippen LogP contribution in [-0.2, 0) is 25.5 Å². The number of esters is 1. The number of carbonyl (C=O) groups is 2. The van der Waals surface area contributed by atoms with E-state index in [2.05, 4.69) is 19.9 Å². The van der Waals surface area contributed by atoms with Crippen molar-refractivity contribution in [2.24, 2.45) is 17.3 Å². The number of carbonyl (C=O) groups excluding carboxylic acids is 2. The van der Waals surface area contributed by atoms with Gasteiger partial charge in [0.05, 0.1) is 10.6 Å². The molecule has 0 spiro atoms. The van der Waals surface area contributed by atoms with Gasteiger partial charge in [-0.1, -0.05) is 56.2 Å². The summed E-state index contributed by atoms with van der Waals surface area (Å²) < 4.78 is 16.1. The third-order valence-corrected chi connectivity index (χ3v) is 7.75. The molecule has 0 bridgehead atoms. The Morgan fingerprint density at radius 2 is 1.88 bits per heavy atom. The Morgan fingerprint density at radius 1 is 1.26 bits per heavy atom. The lowest BCUT2D eigenvalue weighted by Gasteiger charge is -2.42. The zero-order valence-electron chi connectivity index (χ0n) is 21.5. The lowest BCUT2D eigenvalue weighted by Crippen LogP contribution is -2.40. The van der Waals surface area contributed by atoms with Crippen molar-refractivity contribution in [2.75, 3.05) is 14.2 Å². The van der Waals surface area contributed by atoms with Crippen LogP contribution in [-0.4, -0.2) is 31.1 Å². The van der Waals surface area contributed by atoms with Crippen LogP contribution in [0.1, 0.15) is 70.4 Å². The predicted molar refractivity (Wildman–Crippen MR) is 133 cm³/mol. The molecule has 0 aliphatic heterocycles. The number of phenols is 1. The van der Waals surface area contributed by atoms with Crippen molar-refractivity contribution < 1.29 is 28.9 Å². The molecule has 6 nitrogen and oxygen atoms in total. The van der Waals surface area contributed by atoms with Gasteiger partial charge < -0.3 is 19.3 Å². The van der Waals surface area contributed by atoms with E-state index in [1.165, 1.54) is 21.1 Å². The molecule has 188 valence electrons. The molecule has 0 heterocycles. The molecule has 34 heavy (non-hydrogen) atoms. The quantitative estimate of drug-likeness (QED) is 0.200. The van der Waals surface area contributed by atoms with Gasteiger partial charge in [0.25, 0.3) is 0 Å². The summed E-state index contributed by atoms with van der Waals surface area (Å²) in [5.41, 5.74) is 1.98. The monoisotopic (exact) mass is 492 g/mol. The number of ketones is 1. The molecule has 1 aliphatic carbocycles. The van der Waals surface area contributed by atoms with Crippen LogP contribution in [0.15, 0.2) is 23.8 Å². The van der Waals surface area contributed by atoms with E-state index in [9.17, 15) is 14.7 Å². The Labute approximate surface area is 207 Å². The topological polar surface area (TPSA) is 82.1 Å². The largest absolute Gasteiger partial charge is 0.507 e. The average molecular weight is 493 g/mol. The SMILES string of the molecule is COC(OC)c1c(C)c(Cl)c(OC(C)=O)c(CC=C(C)C=C[C@@]2(C)[C@H](C)CCC(=O)[C@@H]2C)c1O. The van der Waals surface area contributed by atoms with Crippen LogP contribution in [0.5, 0.6) is 11.5 Å². The van der Waals surface area contributed by atoms with E-state index in [0.29, 0.717) is 34.8 Å². The van der Waals surface area contributed by atoms with E-state index >= 15 is 0 Å². The standard InChI is InChI=1S/C27H37ClO6/c1-15(13-14-27(6)16(2)10-12-21(30)18(27)4)9-11-20-24(31)22(26(32-7)33-8)17(3)23(28)25(20)34-19(5)29/h9,13-14,16,18,26,31H,10-12H2,1-8H3/t16-,18+,27+/m1/s1. The van der Waals surface area contributed by atoms with E-state index in [4.69, 9.17) is 25.8 Å². The molecule has 1 aromatic carbocycles. The minimum absolute atomic E-state index is 0.0431. The highest BCUT2D eigenvalue weighted by molar-refractivity contribution is 6.33. The number of allylic oxidation sites excluding steroid dienone is 4. The molecule has 0 saturated heterocycles. The van der Waals surface area contributed by atoms with Crippen LogP contribution in [0.2, 0.25) is 5.02 Å². The van der Waals surface area contributed by atoms with Gasteiger partial charge in [-0.05, 0) is 43.6 Å². The number of hydrogen-bond donors (Lipinski definition) is 1. The van der Waals surface area contributed by atoms with Gasteiger partial charge in [0, 0.05) is 39.0 Å². The summed E-state index contributed by atoms with van der Waals surface area (Å²) in [7, 11) is 2.93. The highest BCUT2D eigenvalue weighted by atomic mass is 35.5. The van der Waals surface area contributed by atoms with E-state index in [1.54, 1.807) is 6.92 Å². The van der Waals surface area contributed by atoms with Crippen LogP contribution >= 0.6 is 11.6 Å². The first kappa shape index (κ1) is 28.1. The van der Waals surface area contributed by atoms with E-state index in [0.717, 1.165) is 12.0 Å². The summed E-state index contributed by atoms with van der Waals surface area (Å²) >= 11 is 6.55. The van der Waals surface area contributed by atoms with E-state index in [-0.39, 0.29) is 34.3 Å². The van der Waals surface area contributed by atoms with Crippen LogP contribution in [0.4, 0.5) is 0 Å². The first-order valence-electron chi connectivity index (χ1n) is 11.5. The number of rotatable bonds is 8. The summed E-state index contributed by atoms with van der Waals surface area (Å²) in [5, 5.41) is 11.3. The Morgan fingerprint density at radius 3 is 2.44 bits per heavy atom. The third-order valence-electron chi connectivity index (χ3n) is 7.29. The number of ether oxygens (including phenoxy) is 3. The zero-order chi connectivity index (χ0) is 25.8. The second-order valence-corrected chi connectivity index (χ2v) is 9.76. The van der Waals surface area contributed by atoms with E-state index < -0.39 is 12.3 Å². The predicted octanol–water partition coefficient (Wildman–Crippen LogP) is 6.26. The van der Waals surface area contributed by atoms with Gasteiger partial charge in [-0.15, -0.1) is 0 Å². The number of hydrogen-bond acceptors (Lipinski definition) is 6. The summed E-state index contributed by atoms with van der Waals surface area (Å²) in [6, 6.07) is 0. The Kier molecular flexibility index (Phi) is 9.52. The number of Topliss-reactive ketones (excluding diaryl/α,β-unsaturated/α-hetero) is 1. The van der Waals surface area contributed by atoms with Crippen molar-refractivity contribution in [3.63, 3.8) is 0 Å². The third kappa shape index (κ3) is 5.73. The summed E-state index contributed by atoms with van der Waals surface area (Å²) in [6.07, 6.45) is 7.01. The Hall–Kier alpha value is -2.15. The number of phenolic OH excluding ortho intramolecular Hbond substituents is 1. The second kappa shape index (κ2) is 11.5. The highest BCUT2D eigenvalue weighted by Crippen LogP contribution is 2.46. The molecule has 3 atom stereocenters. The van der Waals surface area contributed by atoms with Gasteiger partial charge in [-0.25, -0.2) is 0 Å². The van der Waals surface area contributed by atoms with Crippen molar-refractivity contribution in [3.05, 3.63) is 45.5 Å². The summed E-state index contributed by atoms with van der Waals surface area (Å²) in [4.78, 5) is 24.1. The molecular formula is C27H37ClO6. The molecule has 0 aromatic heterocycles. The highest BCUT2D eigenvalue weighted by Gasteiger charge is 2.41. The minimum atomic E-state index is -0.834. The molecule has 0 unspecified atom stereocenters. The van der Waals surface area contributed by atoms with Gasteiger partial charge in [0.15, 0.2) is 12.0 Å². The van der Waals surface area contributed by atoms with Crippen LogP contribution in [0, 0.1) is 24.2 Å². The van der Waals surface area contributed by atoms with Gasteiger partial charge >= 0.3 is 5.97 Å². The van der Waals surface area contributed by atoms with Crippen molar-refractivity contribution in [1.82, 2.24) is 0 Å². The molecule has 0 amide bonds. The molecule has 7 heteroatoms. The Balaban J connectivity index is 2.47. The molecule has 1 aliphatic rings. The normalized spacial score (nSPS) is 23.7. The fourth-order valence-electron chi connectivity index (χ4n) is 4.54. The fourth-order valence-corrected chi connectivity index (χ4v) is 4.79. The zero-order valence-corrected chi connectivity index (χ0v) is 22.2. The number of benzene rings is 1. The maximum atomic E-state index is 12.3. The lowest BCUT2D eigenvalue weighted by molar-refractivity contribution is -0.132. The molecule has 1 saturated carbocycles. The van der Waals surface area contributed by atoms with Gasteiger partial charge in [-0.3, -0.25) is 9.59 Å². The summed E-state index contributed by atoms with van der Waals surface area (Å²) in [5.74, 6) is 0.144. The fraction of sp³-hybridized carbons (Fsp3) is 0.556. The van der Waals surface area contributed by atoms with Crippen LogP contribution in [0.25, 0.3) is 0 Å². The van der Waals surface area contributed by atoms with Crippen LogP contribution < -0.4 is 4.74 Å². The van der Waals surface area contributed by atoms with Crippen molar-refractivity contribution in [2.45, 2.75) is 67.1 Å². The smallest absolute Gasteiger partial charge is 0.308 e. The average Bonchev–Trinajstić information content (AvgIpc) is 2.79. The van der Waals surface area contributed by atoms with Crippen molar-refractivity contribution in [3.8, 4) is 11.5 Å². The maximum Gasteiger partial charge on any atom is 0.308 e. The first-order chi connectivity index (χ1) is 15.9. The molecule has 2 rings (SSSR count). The molecule has 1 aromatic rings. The number of aromatic hydroxyl groups is 1. The molecule has 1 fully saturated rings. The maximum absolute atomic E-state index is 12.3. The van der Waals surface area contributed by atoms with Crippen molar-refractivity contribution >= 4 is 23.4 Å². The van der Waals surface area contributed by atoms with Gasteiger partial charge in [0.1, 0.15) is 11.5 Å². The van der Waals surface area contributed by atoms with Gasteiger partial charge in [0.2, 0.25) is 0 Å². The van der Waals surface area contributed by atoms with Gasteiger partial charge in [-0.2, -0.15) is 0 Å². The first-order valence-corrected chi connectivity index (χ1v) is 11.9. The van der Waals surface area contributed by atoms with Crippen molar-refractivity contribution in [1.29, 1.82) is 0 Å². The Bertz CT molecular complexity index is 992. The number of halogens is 1. The van der Waals surface area contributed by atoms with Crippen LogP contribution in [0.3, 0.4) is 0 Å². The second-order valence-electron chi connectivity index (χ2n) is 9.39. The molecule has 1 N–H and O–H groups in total. The number of methoxy groups -OCH3 is 2. The molecule has 0 radical (unpaired) electrons. The van der Waals surface area contributed by atoms with E-state index in [1.807, 2.05) is 26.0 Å². The molecular weight excluding hydrogens is 456 g/mol.